The number of para-hydroxylation sites is 1. The lowest BCUT2D eigenvalue weighted by molar-refractivity contribution is -0.175. The molecule has 9 nitrogen and oxygen atoms in total. The number of hydrogen-bond donors (Lipinski definition) is 2. The van der Waals surface area contributed by atoms with Crippen LogP contribution < -0.4 is 10.6 Å². The predicted octanol–water partition coefficient (Wildman–Crippen LogP) is 5.04. The van der Waals surface area contributed by atoms with E-state index in [2.05, 4.69) is 33.0 Å². The summed E-state index contributed by atoms with van der Waals surface area (Å²) in [6, 6.07) is 9.82. The zero-order valence-electron chi connectivity index (χ0n) is 26.6. The van der Waals surface area contributed by atoms with Gasteiger partial charge in [0.25, 0.3) is 0 Å². The summed E-state index contributed by atoms with van der Waals surface area (Å²) in [5.41, 5.74) is 1.66. The monoisotopic (exact) mass is 611 g/mol. The van der Waals surface area contributed by atoms with E-state index in [-0.39, 0.29) is 25.3 Å². The summed E-state index contributed by atoms with van der Waals surface area (Å²) < 4.78 is 37.6. The third kappa shape index (κ3) is 16.6. The standard InChI is InChI=1S/C17H21F3N4O4.C7H9N.C5H12.C2H6/c1-23(8-14(26)24-7-11(9-25)4-12(24)6-21)15(27)13(5-10-2-3-10)22-16(28)17(18,19)20;1-8-7-5-3-2-4-6-7;1-5(2,3)4;1-2/h9-13H,2-5,7-8H2,1H3,(H,22,28);2-6,8H,1H3;1-4H3;1-2H3. The molecule has 0 radical (unpaired) electrons. The molecule has 1 saturated heterocycles. The van der Waals surface area contributed by atoms with Gasteiger partial charge < -0.3 is 25.2 Å². The Morgan fingerprint density at radius 3 is 2.05 bits per heavy atom. The number of alkyl halides is 3. The van der Waals surface area contributed by atoms with E-state index < -0.39 is 48.4 Å². The molecule has 1 aromatic carbocycles. The number of carbonyl (C=O) groups excluding carboxylic acids is 4. The number of likely N-dealkylation sites (tertiary alicyclic amines) is 1. The normalized spacial score (nSPS) is 18.0. The summed E-state index contributed by atoms with van der Waals surface area (Å²) in [5.74, 6) is -4.01. The molecule has 1 aromatic rings. The molecular formula is C31H48F3N5O4. The van der Waals surface area contributed by atoms with Gasteiger partial charge in [-0.3, -0.25) is 14.4 Å². The Labute approximate surface area is 254 Å². The maximum Gasteiger partial charge on any atom is 0.471 e. The molecule has 0 spiro atoms. The number of nitrogens with zero attached hydrogens (tertiary/aromatic N) is 3. The molecule has 1 saturated carbocycles. The highest BCUT2D eigenvalue weighted by molar-refractivity contribution is 5.92. The molecule has 242 valence electrons. The van der Waals surface area contributed by atoms with Crippen LogP contribution in [0.25, 0.3) is 0 Å². The lowest BCUT2D eigenvalue weighted by atomic mass is 10.0. The second kappa shape index (κ2) is 18.8. The van der Waals surface area contributed by atoms with Gasteiger partial charge >= 0.3 is 12.1 Å². The van der Waals surface area contributed by atoms with E-state index in [1.54, 1.807) is 5.32 Å². The molecule has 1 aliphatic carbocycles. The minimum absolute atomic E-state index is 0.0545. The molecule has 2 fully saturated rings. The van der Waals surface area contributed by atoms with E-state index in [1.165, 1.54) is 11.9 Å². The smallest absolute Gasteiger partial charge is 0.388 e. The molecule has 3 rings (SSSR count). The fourth-order valence-corrected chi connectivity index (χ4v) is 3.76. The molecule has 3 unspecified atom stereocenters. The van der Waals surface area contributed by atoms with Crippen LogP contribution in [0.5, 0.6) is 0 Å². The Morgan fingerprint density at radius 2 is 1.65 bits per heavy atom. The van der Waals surface area contributed by atoms with Crippen molar-refractivity contribution in [1.82, 2.24) is 15.1 Å². The topological polar surface area (TPSA) is 123 Å². The van der Waals surface area contributed by atoms with Crippen LogP contribution >= 0.6 is 0 Å². The molecule has 0 aromatic heterocycles. The second-order valence-electron chi connectivity index (χ2n) is 11.8. The Kier molecular flexibility index (Phi) is 17.2. The van der Waals surface area contributed by atoms with E-state index in [1.807, 2.05) is 57.3 Å². The van der Waals surface area contributed by atoms with Gasteiger partial charge in [-0.1, -0.05) is 72.6 Å². The van der Waals surface area contributed by atoms with Crippen molar-refractivity contribution in [2.24, 2.45) is 17.3 Å². The molecule has 0 bridgehead atoms. The molecule has 1 heterocycles. The van der Waals surface area contributed by atoms with E-state index >= 15 is 0 Å². The molecule has 3 atom stereocenters. The van der Waals surface area contributed by atoms with Gasteiger partial charge in [-0.05, 0) is 36.3 Å². The van der Waals surface area contributed by atoms with Crippen molar-refractivity contribution in [2.45, 2.75) is 85.5 Å². The summed E-state index contributed by atoms with van der Waals surface area (Å²) in [6.45, 7) is 12.3. The number of anilines is 1. The minimum atomic E-state index is -5.12. The van der Waals surface area contributed by atoms with Crippen molar-refractivity contribution in [3.05, 3.63) is 30.3 Å². The van der Waals surface area contributed by atoms with E-state index in [4.69, 9.17) is 5.26 Å². The number of nitrogens with one attached hydrogen (secondary N) is 2. The number of likely N-dealkylation sites (N-methyl/N-ethyl adjacent to an activating group) is 1. The Bertz CT molecular complexity index is 1040. The zero-order chi connectivity index (χ0) is 33.4. The van der Waals surface area contributed by atoms with Crippen molar-refractivity contribution in [1.29, 1.82) is 5.26 Å². The van der Waals surface area contributed by atoms with E-state index in [0.29, 0.717) is 11.7 Å². The van der Waals surface area contributed by atoms with Gasteiger partial charge in [-0.2, -0.15) is 18.4 Å². The Hall–Kier alpha value is -3.62. The fraction of sp³-hybridized carbons (Fsp3) is 0.645. The van der Waals surface area contributed by atoms with Crippen molar-refractivity contribution in [2.75, 3.05) is 32.5 Å². The maximum absolute atomic E-state index is 12.5. The van der Waals surface area contributed by atoms with Gasteiger partial charge in [0.15, 0.2) is 0 Å². The molecule has 2 N–H and O–H groups in total. The minimum Gasteiger partial charge on any atom is -0.388 e. The molecule has 1 aliphatic heterocycles. The van der Waals surface area contributed by atoms with Gasteiger partial charge in [-0.15, -0.1) is 0 Å². The average molecular weight is 612 g/mol. The van der Waals surface area contributed by atoms with Crippen LogP contribution in [-0.4, -0.2) is 79.3 Å². The molecular weight excluding hydrogens is 563 g/mol. The van der Waals surface area contributed by atoms with Crippen molar-refractivity contribution in [3.8, 4) is 6.07 Å². The lowest BCUT2D eigenvalue weighted by Crippen LogP contribution is -2.53. The predicted molar refractivity (Wildman–Crippen MR) is 161 cm³/mol. The van der Waals surface area contributed by atoms with Gasteiger partial charge in [-0.25, -0.2) is 0 Å². The Morgan fingerprint density at radius 1 is 1.12 bits per heavy atom. The van der Waals surface area contributed by atoms with Gasteiger partial charge in [0.1, 0.15) is 18.4 Å². The first-order valence-electron chi connectivity index (χ1n) is 14.5. The number of nitriles is 1. The SMILES string of the molecule is CC.CC(C)(C)C.CN(CC(=O)N1CC(C=O)CC1C#N)C(=O)C(CC1CC1)NC(=O)C(F)(F)F.CNc1ccccc1. The van der Waals surface area contributed by atoms with Crippen molar-refractivity contribution < 1.29 is 32.3 Å². The lowest BCUT2D eigenvalue weighted by Gasteiger charge is -2.27. The second-order valence-corrected chi connectivity index (χ2v) is 11.8. The third-order valence-corrected chi connectivity index (χ3v) is 5.93. The number of amides is 3. The van der Waals surface area contributed by atoms with Gasteiger partial charge in [0.05, 0.1) is 12.6 Å². The fourth-order valence-electron chi connectivity index (χ4n) is 3.76. The highest BCUT2D eigenvalue weighted by Crippen LogP contribution is 2.34. The number of carbonyl (C=O) groups is 4. The van der Waals surface area contributed by atoms with Crippen LogP contribution in [0.3, 0.4) is 0 Å². The molecule has 43 heavy (non-hydrogen) atoms. The highest BCUT2D eigenvalue weighted by Gasteiger charge is 2.43. The maximum atomic E-state index is 12.5. The van der Waals surface area contributed by atoms with Crippen LogP contribution in [0.4, 0.5) is 18.9 Å². The van der Waals surface area contributed by atoms with Crippen LogP contribution in [0.15, 0.2) is 30.3 Å². The molecule has 12 heteroatoms. The number of benzene rings is 1. The quantitative estimate of drug-likeness (QED) is 0.397. The van der Waals surface area contributed by atoms with Gasteiger partial charge in [0.2, 0.25) is 11.8 Å². The first-order valence-corrected chi connectivity index (χ1v) is 14.5. The van der Waals surface area contributed by atoms with Crippen LogP contribution in [0.1, 0.15) is 67.2 Å². The number of halogens is 3. The van der Waals surface area contributed by atoms with Crippen molar-refractivity contribution in [3.63, 3.8) is 0 Å². The van der Waals surface area contributed by atoms with Crippen LogP contribution in [-0.2, 0) is 19.2 Å². The first-order chi connectivity index (χ1) is 20.0. The number of aldehydes is 1. The summed E-state index contributed by atoms with van der Waals surface area (Å²) in [7, 11) is 3.16. The number of hydrogen-bond acceptors (Lipinski definition) is 6. The van der Waals surface area contributed by atoms with Crippen LogP contribution in [0, 0.1) is 28.6 Å². The van der Waals surface area contributed by atoms with Crippen molar-refractivity contribution >= 4 is 29.7 Å². The van der Waals surface area contributed by atoms with Gasteiger partial charge in [0, 0.05) is 32.2 Å². The van der Waals surface area contributed by atoms with E-state index in [9.17, 15) is 32.3 Å². The highest BCUT2D eigenvalue weighted by atomic mass is 19.4. The summed E-state index contributed by atoms with van der Waals surface area (Å²) in [6.07, 6.45) is -2.66. The average Bonchev–Trinajstić information content (AvgIpc) is 3.67. The molecule has 2 aliphatic rings. The van der Waals surface area contributed by atoms with E-state index in [0.717, 1.165) is 23.4 Å². The summed E-state index contributed by atoms with van der Waals surface area (Å²) in [4.78, 5) is 49.2. The Balaban J connectivity index is 0.000000962. The zero-order valence-corrected chi connectivity index (χ0v) is 26.6. The third-order valence-electron chi connectivity index (χ3n) is 5.93. The summed E-state index contributed by atoms with van der Waals surface area (Å²) >= 11 is 0. The number of rotatable bonds is 8. The summed E-state index contributed by atoms with van der Waals surface area (Å²) in [5, 5.41) is 13.9. The first kappa shape index (κ1) is 39.4. The molecule has 3 amide bonds. The van der Waals surface area contributed by atoms with Crippen LogP contribution in [0.2, 0.25) is 0 Å². The largest absolute Gasteiger partial charge is 0.471 e.